The molecule has 29 heavy (non-hydrogen) atoms. The first-order valence-electron chi connectivity index (χ1n) is 8.83. The van der Waals surface area contributed by atoms with Crippen molar-refractivity contribution in [2.24, 2.45) is 0 Å². The van der Waals surface area contributed by atoms with Gasteiger partial charge in [0.2, 0.25) is 0 Å². The van der Waals surface area contributed by atoms with E-state index >= 15 is 0 Å². The predicted molar refractivity (Wildman–Crippen MR) is 108 cm³/mol. The lowest BCUT2D eigenvalue weighted by Gasteiger charge is -2.41. The molecule has 1 aromatic heterocycles. The minimum Gasteiger partial charge on any atom is -0.444 e. The van der Waals surface area contributed by atoms with E-state index in [1.807, 2.05) is 6.07 Å². The fraction of sp³-hybridized carbons (Fsp3) is 0.400. The summed E-state index contributed by atoms with van der Waals surface area (Å²) < 4.78 is 22.1. The van der Waals surface area contributed by atoms with Gasteiger partial charge < -0.3 is 24.8 Å². The van der Waals surface area contributed by atoms with Crippen molar-refractivity contribution in [1.29, 1.82) is 5.26 Å². The molecule has 7 nitrogen and oxygen atoms in total. The number of nitriles is 1. The maximum absolute atomic E-state index is 14.9. The van der Waals surface area contributed by atoms with Gasteiger partial charge in [0.25, 0.3) is 0 Å². The molecule has 0 aliphatic rings. The van der Waals surface area contributed by atoms with E-state index in [2.05, 4.69) is 21.2 Å². The van der Waals surface area contributed by atoms with Gasteiger partial charge in [-0.25, -0.2) is 9.18 Å². The van der Waals surface area contributed by atoms with Gasteiger partial charge in [0.15, 0.2) is 0 Å². The summed E-state index contributed by atoms with van der Waals surface area (Å²) in [6.45, 7) is 3.61. The van der Waals surface area contributed by atoms with Crippen LogP contribution < -0.4 is 5.32 Å². The molecule has 2 atom stereocenters. The number of rotatable bonds is 6. The number of carbonyl (C=O) groups excluding carboxylic acids is 1. The molecule has 2 rings (SSSR count). The highest BCUT2D eigenvalue weighted by Crippen LogP contribution is 2.37. The summed E-state index contributed by atoms with van der Waals surface area (Å²) in [5.41, 5.74) is -2.57. The number of aliphatic hydroxyl groups is 2. The first kappa shape index (κ1) is 22.9. The number of carbonyl (C=O) groups is 1. The van der Waals surface area contributed by atoms with E-state index in [1.165, 1.54) is 35.0 Å². The quantitative estimate of drug-likeness (QED) is 0.604. The van der Waals surface area contributed by atoms with Crippen molar-refractivity contribution < 1.29 is 24.1 Å². The van der Waals surface area contributed by atoms with Gasteiger partial charge in [-0.1, -0.05) is 15.9 Å². The number of alkyl carbamates (subject to hydrolysis) is 1. The van der Waals surface area contributed by atoms with Gasteiger partial charge in [0, 0.05) is 16.2 Å². The molecular formula is C20H23BrFN3O4. The first-order valence-corrected chi connectivity index (χ1v) is 9.62. The van der Waals surface area contributed by atoms with Gasteiger partial charge in [-0.05, 0) is 51.1 Å². The molecule has 9 heteroatoms. The average molecular weight is 468 g/mol. The largest absolute Gasteiger partial charge is 0.444 e. The lowest BCUT2D eigenvalue weighted by molar-refractivity contribution is 0.0216. The molecule has 0 saturated carbocycles. The third-order valence-electron chi connectivity index (χ3n) is 4.35. The second-order valence-corrected chi connectivity index (χ2v) is 8.41. The molecule has 3 N–H and O–H groups in total. The van der Waals surface area contributed by atoms with Crippen LogP contribution in [0.1, 0.15) is 38.1 Å². The van der Waals surface area contributed by atoms with E-state index < -0.39 is 42.3 Å². The maximum Gasteiger partial charge on any atom is 0.408 e. The van der Waals surface area contributed by atoms with Crippen LogP contribution in [0.2, 0.25) is 0 Å². The van der Waals surface area contributed by atoms with E-state index in [1.54, 1.807) is 26.8 Å². The summed E-state index contributed by atoms with van der Waals surface area (Å²) >= 11 is 3.27. The number of hydrogen-bond acceptors (Lipinski definition) is 5. The van der Waals surface area contributed by atoms with Crippen LogP contribution in [-0.2, 0) is 10.3 Å². The topological polar surface area (TPSA) is 108 Å². The number of amides is 1. The summed E-state index contributed by atoms with van der Waals surface area (Å²) in [4.78, 5) is 12.6. The van der Waals surface area contributed by atoms with E-state index in [9.17, 15) is 24.7 Å². The number of hydrogen-bond donors (Lipinski definition) is 3. The van der Waals surface area contributed by atoms with E-state index in [0.717, 1.165) is 0 Å². The molecule has 1 aromatic carbocycles. The van der Waals surface area contributed by atoms with Crippen molar-refractivity contribution >= 4 is 22.0 Å². The van der Waals surface area contributed by atoms with Crippen LogP contribution in [0.25, 0.3) is 0 Å². The zero-order valence-corrected chi connectivity index (χ0v) is 17.9. The van der Waals surface area contributed by atoms with Gasteiger partial charge in [0.1, 0.15) is 28.7 Å². The fourth-order valence-corrected chi connectivity index (χ4v) is 3.49. The molecule has 2 unspecified atom stereocenters. The van der Waals surface area contributed by atoms with Crippen molar-refractivity contribution in [3.05, 3.63) is 58.1 Å². The Bertz CT molecular complexity index is 919. The Hall–Kier alpha value is -2.41. The summed E-state index contributed by atoms with van der Waals surface area (Å²) in [5.74, 6) is -0.706. The van der Waals surface area contributed by atoms with Gasteiger partial charge in [-0.3, -0.25) is 0 Å². The number of halogens is 2. The minimum absolute atomic E-state index is 0.0723. The van der Waals surface area contributed by atoms with Crippen LogP contribution in [0.4, 0.5) is 9.18 Å². The minimum atomic E-state index is -1.82. The molecule has 1 heterocycles. The zero-order chi connectivity index (χ0) is 21.8. The Morgan fingerprint density at radius 2 is 2.07 bits per heavy atom. The maximum atomic E-state index is 14.9. The fourth-order valence-electron chi connectivity index (χ4n) is 3.13. The smallest absolute Gasteiger partial charge is 0.408 e. The van der Waals surface area contributed by atoms with Crippen molar-refractivity contribution in [3.63, 3.8) is 0 Å². The van der Waals surface area contributed by atoms with Crippen molar-refractivity contribution in [1.82, 2.24) is 9.88 Å². The van der Waals surface area contributed by atoms with Crippen LogP contribution in [0, 0.1) is 17.1 Å². The molecule has 0 fully saturated rings. The van der Waals surface area contributed by atoms with Gasteiger partial charge in [0.05, 0.1) is 19.3 Å². The van der Waals surface area contributed by atoms with Crippen molar-refractivity contribution in [3.8, 4) is 6.07 Å². The van der Waals surface area contributed by atoms with E-state index in [-0.39, 0.29) is 11.3 Å². The summed E-state index contributed by atoms with van der Waals surface area (Å²) in [6.07, 6.45) is 0.603. The lowest BCUT2D eigenvalue weighted by atomic mass is 9.82. The number of benzene rings is 1. The normalized spacial score (nSPS) is 14.6. The third kappa shape index (κ3) is 4.96. The van der Waals surface area contributed by atoms with Gasteiger partial charge in [-0.2, -0.15) is 5.26 Å². The highest BCUT2D eigenvalue weighted by atomic mass is 79.9. The predicted octanol–water partition coefficient (Wildman–Crippen LogP) is 3.21. The van der Waals surface area contributed by atoms with Crippen LogP contribution in [0.15, 0.2) is 41.0 Å². The molecule has 1 amide bonds. The number of nitrogens with zero attached hydrogens (tertiary/aromatic N) is 2. The Morgan fingerprint density at radius 3 is 2.62 bits per heavy atom. The number of ether oxygens (including phenoxy) is 1. The monoisotopic (exact) mass is 467 g/mol. The Kier molecular flexibility index (Phi) is 7.06. The summed E-state index contributed by atoms with van der Waals surface area (Å²) in [5, 5.41) is 32.5. The summed E-state index contributed by atoms with van der Waals surface area (Å²) in [7, 11) is 0. The van der Waals surface area contributed by atoms with Crippen molar-refractivity contribution in [2.45, 2.75) is 38.0 Å². The van der Waals surface area contributed by atoms with Crippen LogP contribution >= 0.6 is 15.9 Å². The number of aliphatic hydroxyl groups excluding tert-OH is 2. The Balaban J connectivity index is 2.70. The molecular weight excluding hydrogens is 445 g/mol. The van der Waals surface area contributed by atoms with Crippen molar-refractivity contribution in [2.75, 3.05) is 13.2 Å². The highest BCUT2D eigenvalue weighted by Gasteiger charge is 2.46. The van der Waals surface area contributed by atoms with E-state index in [0.29, 0.717) is 4.47 Å². The third-order valence-corrected chi connectivity index (χ3v) is 4.85. The molecule has 156 valence electrons. The molecule has 0 radical (unpaired) electrons. The SMILES string of the molecule is CC(C)(C)OC(=O)NC(CO)(c1cc(Br)ccc1F)C(CO)n1cccc1C#N. The lowest BCUT2D eigenvalue weighted by Crippen LogP contribution is -2.56. The van der Waals surface area contributed by atoms with Gasteiger partial charge in [-0.15, -0.1) is 0 Å². The first-order chi connectivity index (χ1) is 13.6. The molecule has 2 aromatic rings. The van der Waals surface area contributed by atoms with Crippen LogP contribution in [0.5, 0.6) is 0 Å². The molecule has 0 aliphatic heterocycles. The highest BCUT2D eigenvalue weighted by molar-refractivity contribution is 9.10. The number of nitrogens with one attached hydrogen (secondary N) is 1. The second-order valence-electron chi connectivity index (χ2n) is 7.49. The average Bonchev–Trinajstić information content (AvgIpc) is 3.10. The zero-order valence-electron chi connectivity index (χ0n) is 16.3. The van der Waals surface area contributed by atoms with E-state index in [4.69, 9.17) is 4.74 Å². The van der Waals surface area contributed by atoms with Crippen LogP contribution in [-0.4, -0.2) is 39.7 Å². The Morgan fingerprint density at radius 1 is 1.38 bits per heavy atom. The molecule has 0 bridgehead atoms. The Labute approximate surface area is 176 Å². The van der Waals surface area contributed by atoms with Gasteiger partial charge >= 0.3 is 6.09 Å². The van der Waals surface area contributed by atoms with Crippen LogP contribution in [0.3, 0.4) is 0 Å². The second kappa shape index (κ2) is 8.95. The molecule has 0 aliphatic carbocycles. The standard InChI is InChI=1S/C20H23BrFN3O4/c1-19(2,3)29-18(28)24-20(12-27,15-9-13(21)6-7-16(15)22)17(11-26)25-8-4-5-14(25)10-23/h4-9,17,26-27H,11-12H2,1-3H3,(H,24,28). The molecule has 0 saturated heterocycles. The summed E-state index contributed by atoms with van der Waals surface area (Å²) in [6, 6.07) is 8.01. The molecule has 0 spiro atoms. The number of aromatic nitrogens is 1.